The number of benzene rings is 3. The Morgan fingerprint density at radius 2 is 1.08 bits per heavy atom. The van der Waals surface area contributed by atoms with Crippen LogP contribution in [0.15, 0.2) is 110 Å². The number of aromatic nitrogens is 3. The van der Waals surface area contributed by atoms with Crippen LogP contribution in [0.3, 0.4) is 0 Å². The molecular weight excluding hydrogens is 934 g/mol. The number of pyridine rings is 3. The minimum Gasteiger partial charge on any atom is -0.665 e. The topological polar surface area (TPSA) is 224 Å². The molecule has 17 heteroatoms. The number of carbonyl (C=O) groups excluding carboxylic acids is 1. The fraction of sp³-hybridized carbons (Fsp3) is 0.0556. The molecule has 0 aliphatic carbocycles. The van der Waals surface area contributed by atoms with E-state index in [4.69, 9.17) is 40.2 Å². The third-order valence-electron chi connectivity index (χ3n) is 5.66. The van der Waals surface area contributed by atoms with Gasteiger partial charge in [-0.15, -0.1) is 0 Å². The van der Waals surface area contributed by atoms with Crippen LogP contribution in [0.2, 0.25) is 0 Å². The molecule has 3 aromatic heterocycles. The van der Waals surface area contributed by atoms with Crippen molar-refractivity contribution in [1.82, 2.24) is 15.0 Å². The summed E-state index contributed by atoms with van der Waals surface area (Å²) in [5.74, 6) is -1.67. The van der Waals surface area contributed by atoms with Crippen molar-refractivity contribution in [1.29, 1.82) is 5.26 Å². The number of carboxylic acid groups (broad SMARTS) is 2. The van der Waals surface area contributed by atoms with Gasteiger partial charge in [0.2, 0.25) is 0 Å². The van der Waals surface area contributed by atoms with Crippen molar-refractivity contribution in [3.8, 4) is 6.07 Å². The van der Waals surface area contributed by atoms with Gasteiger partial charge in [0.15, 0.2) is 6.29 Å². The zero-order valence-electron chi connectivity index (χ0n) is 27.9. The Morgan fingerprint density at radius 3 is 1.45 bits per heavy atom. The number of halogens is 3. The first-order valence-electron chi connectivity index (χ1n) is 13.9. The Hall–Kier alpha value is -5.11. The molecule has 53 heavy (non-hydrogen) atoms. The molecule has 13 nitrogen and oxygen atoms in total. The molecule has 0 aliphatic heterocycles. The molecule has 0 saturated heterocycles. The third kappa shape index (κ3) is 17.3. The van der Waals surface area contributed by atoms with E-state index in [2.05, 4.69) is 74.0 Å². The number of hydrogen-bond donors (Lipinski definition) is 4. The van der Waals surface area contributed by atoms with E-state index < -0.39 is 11.9 Å². The number of nitrogens with zero attached hydrogens (tertiary/aromatic N) is 5. The number of carbonyl (C=O) groups is 3. The minimum atomic E-state index is -0.833. The Labute approximate surface area is 340 Å². The quantitative estimate of drug-likeness (QED) is 0.0319. The number of aliphatic carboxylic acids is 2. The van der Waals surface area contributed by atoms with E-state index >= 15 is 0 Å². The Kier molecular flexibility index (Phi) is 26.0. The van der Waals surface area contributed by atoms with E-state index in [0.717, 1.165) is 71.8 Å². The molecule has 0 aliphatic rings. The number of fused-ring (bicyclic) bond motifs is 3. The van der Waals surface area contributed by atoms with E-state index in [1.165, 1.54) is 6.21 Å². The van der Waals surface area contributed by atoms with E-state index in [9.17, 15) is 4.79 Å². The summed E-state index contributed by atoms with van der Waals surface area (Å²) < 4.78 is 2.91. The number of aliphatic hydroxyl groups excluding tert-OH is 1. The molecule has 6 rings (SSSR count). The molecule has 0 unspecified atom stereocenters. The predicted octanol–water partition coefficient (Wildman–Crippen LogP) is 8.73. The minimum absolute atomic E-state index is 0. The summed E-state index contributed by atoms with van der Waals surface area (Å²) in [5.41, 5.74) is 4.34. The van der Waals surface area contributed by atoms with Crippen LogP contribution in [0.4, 0.5) is 0 Å². The van der Waals surface area contributed by atoms with Crippen LogP contribution in [-0.4, -0.2) is 66.4 Å². The van der Waals surface area contributed by atoms with E-state index in [1.807, 2.05) is 60.7 Å². The average Bonchev–Trinajstić information content (AvgIpc) is 3.11. The van der Waals surface area contributed by atoms with Gasteiger partial charge in [0.25, 0.3) is 11.9 Å². The first-order valence-corrected chi connectivity index (χ1v) is 16.3. The van der Waals surface area contributed by atoms with Crippen LogP contribution in [0, 0.1) is 18.8 Å². The zero-order chi connectivity index (χ0) is 38.3. The Balaban J connectivity index is 0. The normalized spacial score (nSPS) is 9.06. The van der Waals surface area contributed by atoms with Gasteiger partial charge in [-0.25, -0.2) is 0 Å². The molecule has 0 amide bonds. The van der Waals surface area contributed by atoms with Gasteiger partial charge >= 0.3 is 17.1 Å². The summed E-state index contributed by atoms with van der Waals surface area (Å²) in [6, 6.07) is 24.5. The standard InChI is InChI=1S/C10H7BrN2O.C10H5BrN2.C10H6BrNO.2C2H4O2.CHO2.CH3.Cu/c11-9-4-3-7(6-13-14)10-8(9)2-1-5-12-10;11-9-4-3-7(6-12)10-8(9)2-1-5-13-10;11-9-4-3-7(6-13)10-8(9)2-1-5-12-10;2*1-2(3)4;2-1-3;;/h1-6,14H;1-5H;1-6H;2*1H3,(H,3,4);(H,2,3);1H3;/q;;;;;2*-1;+2/b13-6+;;;;;;;. The van der Waals surface area contributed by atoms with Crippen LogP contribution < -0.4 is 0 Å². The van der Waals surface area contributed by atoms with Gasteiger partial charge in [-0.2, -0.15) is 5.26 Å². The largest absolute Gasteiger partial charge is 2.00 e. The first-order chi connectivity index (χ1) is 24.4. The van der Waals surface area contributed by atoms with Crippen molar-refractivity contribution in [3.05, 3.63) is 129 Å². The number of oxime groups is 1. The van der Waals surface area contributed by atoms with Gasteiger partial charge in [0.1, 0.15) is 6.07 Å². The molecule has 3 aromatic carbocycles. The number of nitriles is 1. The van der Waals surface area contributed by atoms with Crippen LogP contribution in [0.25, 0.3) is 32.7 Å². The molecule has 0 fully saturated rings. The summed E-state index contributed by atoms with van der Waals surface area (Å²) >= 11 is 10.3. The van der Waals surface area contributed by atoms with Crippen molar-refractivity contribution in [2.45, 2.75) is 13.8 Å². The van der Waals surface area contributed by atoms with Crippen LogP contribution >= 0.6 is 47.8 Å². The fourth-order valence-electron chi connectivity index (χ4n) is 3.81. The maximum Gasteiger partial charge on any atom is 2.00 e. The van der Waals surface area contributed by atoms with Gasteiger partial charge < -0.3 is 32.7 Å². The maximum atomic E-state index is 10.7. The van der Waals surface area contributed by atoms with Gasteiger partial charge in [-0.05, 0) is 54.6 Å². The third-order valence-corrected chi connectivity index (χ3v) is 7.73. The second-order valence-corrected chi connectivity index (χ2v) is 11.7. The molecule has 3 heterocycles. The van der Waals surface area contributed by atoms with Crippen LogP contribution in [-0.2, 0) is 31.5 Å². The van der Waals surface area contributed by atoms with Gasteiger partial charge in [0.05, 0.1) is 28.3 Å². The SMILES string of the molecule is CC(=O)O.CC(=O)O.N#Cc1ccc(Br)c2cccnc12.O/N=C/c1ccc(Br)c2cccnc12.O=Cc1ccc(Br)c2cccnc12.O=[C-]O.[CH3-].[Cu+2]. The van der Waals surface area contributed by atoms with E-state index in [-0.39, 0.29) is 24.5 Å². The van der Waals surface area contributed by atoms with Crippen LogP contribution in [0.5, 0.6) is 0 Å². The summed E-state index contributed by atoms with van der Waals surface area (Å²) in [6.45, 7) is 2.67. The number of rotatable bonds is 2. The van der Waals surface area contributed by atoms with Crippen molar-refractivity contribution in [2.24, 2.45) is 5.16 Å². The van der Waals surface area contributed by atoms with E-state index in [0.29, 0.717) is 17.6 Å². The molecule has 6 aromatic rings. The Morgan fingerprint density at radius 1 is 0.736 bits per heavy atom. The molecule has 0 spiro atoms. The van der Waals surface area contributed by atoms with Crippen molar-refractivity contribution in [3.63, 3.8) is 0 Å². The molecule has 279 valence electrons. The molecule has 4 N–H and O–H groups in total. The molecular formula is C36H30Br3CuN5O8. The average molecular weight is 964 g/mol. The molecule has 0 bridgehead atoms. The first kappa shape index (κ1) is 50.0. The summed E-state index contributed by atoms with van der Waals surface area (Å²) in [7, 11) is 0. The maximum absolute atomic E-state index is 10.7. The molecule has 1 radical (unpaired) electrons. The van der Waals surface area contributed by atoms with Crippen molar-refractivity contribution < 1.29 is 56.8 Å². The summed E-state index contributed by atoms with van der Waals surface area (Å²) in [5, 5.41) is 44.8. The Bertz CT molecular complexity index is 2160. The fourth-order valence-corrected chi connectivity index (χ4v) is 5.17. The van der Waals surface area contributed by atoms with Crippen LogP contribution in [0.1, 0.15) is 35.3 Å². The van der Waals surface area contributed by atoms with Gasteiger partial charge in [-0.1, -0.05) is 77.6 Å². The number of carboxylic acids is 2. The van der Waals surface area contributed by atoms with Gasteiger partial charge in [-0.3, -0.25) is 29.3 Å². The monoisotopic (exact) mass is 960 g/mol. The summed E-state index contributed by atoms with van der Waals surface area (Å²) in [4.78, 5) is 49.5. The second-order valence-electron chi connectivity index (χ2n) is 9.17. The van der Waals surface area contributed by atoms with E-state index in [1.54, 1.807) is 30.7 Å². The van der Waals surface area contributed by atoms with Crippen molar-refractivity contribution in [2.75, 3.05) is 0 Å². The smallest absolute Gasteiger partial charge is 0.665 e. The molecule has 0 atom stereocenters. The number of aldehydes is 1. The van der Waals surface area contributed by atoms with Crippen molar-refractivity contribution >= 4 is 111 Å². The predicted molar refractivity (Wildman–Crippen MR) is 209 cm³/mol. The zero-order valence-corrected chi connectivity index (χ0v) is 33.6. The summed E-state index contributed by atoms with van der Waals surface area (Å²) in [6.07, 6.45) is 7.28. The van der Waals surface area contributed by atoms with Gasteiger partial charge in [0, 0.05) is 73.1 Å². The molecule has 0 saturated carbocycles. The second kappa shape index (κ2) is 27.5. The number of hydrogen-bond acceptors (Lipinski definition) is 10.